The predicted molar refractivity (Wildman–Crippen MR) is 125 cm³/mol. The normalized spacial score (nSPS) is 19.7. The number of nitrogens with zero attached hydrogens (tertiary/aromatic N) is 3. The molecule has 1 aromatic heterocycles. The van der Waals surface area contributed by atoms with Gasteiger partial charge in [-0.15, -0.1) is 23.1 Å². The largest absolute Gasteiger partial charge is 0.477 e. The molecule has 13 nitrogen and oxygen atoms in total. The van der Waals surface area contributed by atoms with Crippen LogP contribution in [0.25, 0.3) is 0 Å². The SMILES string of the molecule is CC(=O)CC(=O)OCC1=C(C(=O)O)N2C(=O)[C@@H](NC(=O)/C(=N\OC(C)C)c3csc(N)n3)[C@@H]2SC1. The molecule has 0 bridgehead atoms. The molecule has 0 aliphatic carbocycles. The van der Waals surface area contributed by atoms with E-state index in [-0.39, 0.29) is 52.1 Å². The zero-order valence-corrected chi connectivity index (χ0v) is 20.6. The van der Waals surface area contributed by atoms with Gasteiger partial charge in [-0.2, -0.15) is 0 Å². The van der Waals surface area contributed by atoms with Crippen molar-refractivity contribution in [2.24, 2.45) is 5.16 Å². The van der Waals surface area contributed by atoms with E-state index >= 15 is 0 Å². The molecule has 3 rings (SSSR count). The maximum Gasteiger partial charge on any atom is 0.352 e. The molecule has 2 atom stereocenters. The number of ketones is 1. The number of fused-ring (bicyclic) bond motifs is 1. The molecule has 3 heterocycles. The van der Waals surface area contributed by atoms with Gasteiger partial charge in [-0.1, -0.05) is 5.16 Å². The van der Waals surface area contributed by atoms with Gasteiger partial charge in [0.2, 0.25) is 0 Å². The Morgan fingerprint density at radius 1 is 1.37 bits per heavy atom. The number of carbonyl (C=O) groups is 5. The lowest BCUT2D eigenvalue weighted by molar-refractivity contribution is -0.150. The van der Waals surface area contributed by atoms with Gasteiger partial charge >= 0.3 is 11.9 Å². The number of Topliss-reactive ketones (excluding diaryl/α,β-unsaturated/α-hetero) is 1. The summed E-state index contributed by atoms with van der Waals surface area (Å²) in [4.78, 5) is 70.7. The Balaban J connectivity index is 1.75. The van der Waals surface area contributed by atoms with Gasteiger partial charge < -0.3 is 25.7 Å². The zero-order valence-electron chi connectivity index (χ0n) is 19.0. The van der Waals surface area contributed by atoms with Crippen LogP contribution in [0.1, 0.15) is 32.9 Å². The van der Waals surface area contributed by atoms with Crippen molar-refractivity contribution >= 4 is 63.5 Å². The Morgan fingerprint density at radius 3 is 2.66 bits per heavy atom. The lowest BCUT2D eigenvalue weighted by Gasteiger charge is -2.49. The van der Waals surface area contributed by atoms with Crippen LogP contribution in [0.2, 0.25) is 0 Å². The van der Waals surface area contributed by atoms with Crippen LogP contribution in [-0.4, -0.2) is 80.1 Å². The number of oxime groups is 1. The van der Waals surface area contributed by atoms with Crippen LogP contribution >= 0.6 is 23.1 Å². The fourth-order valence-electron chi connectivity index (χ4n) is 3.18. The summed E-state index contributed by atoms with van der Waals surface area (Å²) in [6, 6.07) is -1.02. The van der Waals surface area contributed by atoms with E-state index in [2.05, 4.69) is 15.5 Å². The Kier molecular flexibility index (Phi) is 8.11. The Morgan fingerprint density at radius 2 is 2.09 bits per heavy atom. The number of carboxylic acid groups (broad SMARTS) is 1. The number of anilines is 1. The molecular formula is C20H23N5O8S2. The maximum absolute atomic E-state index is 12.9. The highest BCUT2D eigenvalue weighted by Gasteiger charge is 2.54. The van der Waals surface area contributed by atoms with Gasteiger partial charge in [0.25, 0.3) is 11.8 Å². The van der Waals surface area contributed by atoms with Gasteiger partial charge in [0.05, 0.1) is 0 Å². The molecule has 2 aliphatic heterocycles. The summed E-state index contributed by atoms with van der Waals surface area (Å²) in [5, 5.41) is 17.1. The van der Waals surface area contributed by atoms with Gasteiger partial charge in [-0.3, -0.25) is 24.1 Å². The smallest absolute Gasteiger partial charge is 0.352 e. The monoisotopic (exact) mass is 525 g/mol. The highest BCUT2D eigenvalue weighted by molar-refractivity contribution is 8.00. The second kappa shape index (κ2) is 10.9. The molecule has 0 radical (unpaired) electrons. The van der Waals surface area contributed by atoms with Crippen LogP contribution in [0.4, 0.5) is 5.13 Å². The average molecular weight is 526 g/mol. The molecule has 188 valence electrons. The van der Waals surface area contributed by atoms with Crippen molar-refractivity contribution in [3.05, 3.63) is 22.3 Å². The number of carbonyl (C=O) groups excluding carboxylic acids is 4. The van der Waals surface area contributed by atoms with Crippen LogP contribution in [-0.2, 0) is 33.5 Å². The number of hydrogen-bond acceptors (Lipinski definition) is 12. The van der Waals surface area contributed by atoms with Crippen molar-refractivity contribution in [1.82, 2.24) is 15.2 Å². The third-order valence-electron chi connectivity index (χ3n) is 4.67. The number of nitrogens with one attached hydrogen (secondary N) is 1. The Bertz CT molecular complexity index is 1130. The molecule has 2 amide bonds. The van der Waals surface area contributed by atoms with Crippen LogP contribution in [0.3, 0.4) is 0 Å². The van der Waals surface area contributed by atoms with Crippen molar-refractivity contribution in [1.29, 1.82) is 0 Å². The highest BCUT2D eigenvalue weighted by atomic mass is 32.2. The Labute approximate surface area is 207 Å². The fourth-order valence-corrected chi connectivity index (χ4v) is 5.06. The molecule has 0 saturated carbocycles. The number of thioether (sulfide) groups is 1. The topological polar surface area (TPSA) is 191 Å². The third-order valence-corrected chi connectivity index (χ3v) is 6.69. The minimum absolute atomic E-state index is 0.135. The Hall–Kier alpha value is -3.46. The first-order valence-corrected chi connectivity index (χ1v) is 12.2. The second-order valence-corrected chi connectivity index (χ2v) is 9.82. The number of aromatic nitrogens is 1. The number of rotatable bonds is 10. The van der Waals surface area contributed by atoms with E-state index in [4.69, 9.17) is 15.3 Å². The number of aliphatic carboxylic acids is 1. The molecule has 1 fully saturated rings. The highest BCUT2D eigenvalue weighted by Crippen LogP contribution is 2.40. The summed E-state index contributed by atoms with van der Waals surface area (Å²) in [5.41, 5.74) is 5.54. The molecule has 0 aromatic carbocycles. The first kappa shape index (κ1) is 26.2. The van der Waals surface area contributed by atoms with E-state index in [1.807, 2.05) is 0 Å². The van der Waals surface area contributed by atoms with Gasteiger partial charge in [0, 0.05) is 16.7 Å². The molecule has 15 heteroatoms. The number of nitrogen functional groups attached to an aromatic ring is 1. The molecule has 1 aromatic rings. The average Bonchev–Trinajstić information content (AvgIpc) is 3.20. The fraction of sp³-hybridized carbons (Fsp3) is 0.450. The summed E-state index contributed by atoms with van der Waals surface area (Å²) in [6.07, 6.45) is -0.758. The summed E-state index contributed by atoms with van der Waals surface area (Å²) in [6.45, 7) is 4.29. The number of esters is 1. The molecule has 0 spiro atoms. The molecule has 4 N–H and O–H groups in total. The number of ether oxygens (including phenoxy) is 1. The van der Waals surface area contributed by atoms with Crippen molar-refractivity contribution in [2.45, 2.75) is 44.7 Å². The molecule has 1 saturated heterocycles. The van der Waals surface area contributed by atoms with Gasteiger partial charge in [-0.25, -0.2) is 9.78 Å². The summed E-state index contributed by atoms with van der Waals surface area (Å²) < 4.78 is 4.99. The number of amides is 2. The quantitative estimate of drug-likeness (QED) is 0.124. The second-order valence-electron chi connectivity index (χ2n) is 7.82. The van der Waals surface area contributed by atoms with Crippen molar-refractivity contribution < 1.29 is 38.7 Å². The summed E-state index contributed by atoms with van der Waals surface area (Å²) in [5.74, 6) is -3.81. The van der Waals surface area contributed by atoms with Crippen LogP contribution < -0.4 is 11.1 Å². The lowest BCUT2D eigenvalue weighted by Crippen LogP contribution is -2.71. The predicted octanol–water partition coefficient (Wildman–Crippen LogP) is 0.115. The van der Waals surface area contributed by atoms with Crippen molar-refractivity contribution in [3.8, 4) is 0 Å². The standard InChI is InChI=1S/C20H23N5O8S2/c1-8(2)33-24-13(11-7-35-20(21)22-11)16(28)23-14-17(29)25-15(19(30)31)10(6-34-18(14)25)5-32-12(27)4-9(3)26/h7-8,14,18H,4-6H2,1-3H3,(H2,21,22)(H,23,28)(H,30,31)/b24-13-/t14-,18+/m1/s1. The maximum atomic E-state index is 12.9. The van der Waals surface area contributed by atoms with Gasteiger partial charge in [0.1, 0.15) is 47.7 Å². The van der Waals surface area contributed by atoms with E-state index in [0.29, 0.717) is 0 Å². The van der Waals surface area contributed by atoms with Crippen molar-refractivity contribution in [2.75, 3.05) is 18.1 Å². The number of carboxylic acids is 1. The zero-order chi connectivity index (χ0) is 25.9. The number of β-lactam (4-membered cyclic amide) rings is 1. The van der Waals surface area contributed by atoms with E-state index in [0.717, 1.165) is 16.2 Å². The molecule has 0 unspecified atom stereocenters. The first-order chi connectivity index (χ1) is 16.5. The third kappa shape index (κ3) is 5.97. The minimum atomic E-state index is -1.38. The van der Waals surface area contributed by atoms with Crippen molar-refractivity contribution in [3.63, 3.8) is 0 Å². The number of nitrogens with two attached hydrogens (primary N) is 1. The first-order valence-electron chi connectivity index (χ1n) is 10.3. The van der Waals surface area contributed by atoms with Crippen LogP contribution in [0.5, 0.6) is 0 Å². The molecule has 35 heavy (non-hydrogen) atoms. The lowest BCUT2D eigenvalue weighted by atomic mass is 10.0. The van der Waals surface area contributed by atoms with E-state index in [9.17, 15) is 29.1 Å². The number of hydrogen-bond donors (Lipinski definition) is 3. The van der Waals surface area contributed by atoms with Crippen LogP contribution in [0.15, 0.2) is 21.8 Å². The summed E-state index contributed by atoms with van der Waals surface area (Å²) >= 11 is 2.30. The van der Waals surface area contributed by atoms with E-state index < -0.39 is 41.6 Å². The van der Waals surface area contributed by atoms with E-state index in [1.54, 1.807) is 13.8 Å². The van der Waals surface area contributed by atoms with E-state index in [1.165, 1.54) is 24.1 Å². The molecular weight excluding hydrogens is 502 g/mol. The van der Waals surface area contributed by atoms with Gasteiger partial charge in [0.15, 0.2) is 10.8 Å². The van der Waals surface area contributed by atoms with Gasteiger partial charge in [-0.05, 0) is 20.8 Å². The molecule has 2 aliphatic rings. The summed E-state index contributed by atoms with van der Waals surface area (Å²) in [7, 11) is 0. The van der Waals surface area contributed by atoms with Crippen LogP contribution in [0, 0.1) is 0 Å². The minimum Gasteiger partial charge on any atom is -0.477 e. The number of thiazole rings is 1.